The second kappa shape index (κ2) is 8.25. The zero-order valence-electron chi connectivity index (χ0n) is 19.3. The van der Waals surface area contributed by atoms with E-state index in [9.17, 15) is 5.11 Å². The van der Waals surface area contributed by atoms with Gasteiger partial charge in [-0.05, 0) is 57.2 Å². The molecule has 0 amide bonds. The number of piperidine rings is 2. The van der Waals surface area contributed by atoms with Gasteiger partial charge in [0.1, 0.15) is 18.0 Å². The normalized spacial score (nSPS) is 28.3. The molecule has 8 nitrogen and oxygen atoms in total. The summed E-state index contributed by atoms with van der Waals surface area (Å²) in [4.78, 5) is 11.1. The third kappa shape index (κ3) is 3.89. The molecule has 4 atom stereocenters. The summed E-state index contributed by atoms with van der Waals surface area (Å²) in [6.45, 7) is 4.14. The van der Waals surface area contributed by atoms with Crippen molar-refractivity contribution in [1.82, 2.24) is 25.5 Å². The predicted molar refractivity (Wildman–Crippen MR) is 128 cm³/mol. The largest absolute Gasteiger partial charge is 0.507 e. The first kappa shape index (κ1) is 22.6. The van der Waals surface area contributed by atoms with Crippen LogP contribution in [-0.2, 0) is 0 Å². The van der Waals surface area contributed by atoms with E-state index in [0.29, 0.717) is 22.8 Å². The van der Waals surface area contributed by atoms with Crippen LogP contribution in [0.5, 0.6) is 5.75 Å². The van der Waals surface area contributed by atoms with Crippen LogP contribution in [0.1, 0.15) is 44.5 Å². The highest BCUT2D eigenvalue weighted by atomic mass is 32.1. The zero-order chi connectivity index (χ0) is 24.1. The number of aromatic hydroxyl groups is 1. The first-order valence-corrected chi connectivity index (χ1v) is 12.1. The Labute approximate surface area is 201 Å². The lowest BCUT2D eigenvalue weighted by molar-refractivity contribution is 0.00193. The van der Waals surface area contributed by atoms with Crippen molar-refractivity contribution in [2.45, 2.75) is 62.8 Å². The summed E-state index contributed by atoms with van der Waals surface area (Å²) in [7, 11) is 1.84. The van der Waals surface area contributed by atoms with Crippen LogP contribution in [0.2, 0.25) is 0 Å². The highest BCUT2D eigenvalue weighted by Gasteiger charge is 2.53. The molecule has 1 aromatic carbocycles. The van der Waals surface area contributed by atoms with Crippen molar-refractivity contribution in [2.75, 3.05) is 11.9 Å². The molecular weight excluding hydrogens is 453 g/mol. The average Bonchev–Trinajstić information content (AvgIpc) is 3.30. The van der Waals surface area contributed by atoms with Gasteiger partial charge in [0.25, 0.3) is 0 Å². The Morgan fingerprint density at radius 2 is 2.06 bits per heavy atom. The minimum atomic E-state index is -1.04. The predicted octanol–water partition coefficient (Wildman–Crippen LogP) is 4.08. The van der Waals surface area contributed by atoms with Gasteiger partial charge in [0.05, 0.1) is 22.7 Å². The maximum atomic E-state index is 15.6. The van der Waals surface area contributed by atoms with E-state index in [1.54, 1.807) is 24.5 Å². The molecule has 10 heteroatoms. The van der Waals surface area contributed by atoms with Crippen molar-refractivity contribution >= 4 is 17.2 Å². The van der Waals surface area contributed by atoms with Crippen molar-refractivity contribution < 1.29 is 9.50 Å². The molecule has 2 aromatic heterocycles. The fourth-order valence-corrected chi connectivity index (χ4v) is 6.11. The summed E-state index contributed by atoms with van der Waals surface area (Å²) in [6.07, 6.45) is 5.68. The molecule has 2 N–H and O–H groups in total. The Hall–Kier alpha value is -3.16. The number of nitrogens with one attached hydrogen (secondary N) is 1. The van der Waals surface area contributed by atoms with E-state index in [-0.39, 0.29) is 23.2 Å². The number of aromatic nitrogens is 4. The van der Waals surface area contributed by atoms with Crippen molar-refractivity contribution in [2.24, 2.45) is 0 Å². The van der Waals surface area contributed by atoms with Gasteiger partial charge in [-0.25, -0.2) is 14.4 Å². The van der Waals surface area contributed by atoms with E-state index in [2.05, 4.69) is 32.4 Å². The summed E-state index contributed by atoms with van der Waals surface area (Å²) >= 11 is 1.25. The fourth-order valence-electron chi connectivity index (χ4n) is 5.40. The number of phenols is 1. The number of phenolic OH excluding ortho intramolecular Hbond substituents is 1. The van der Waals surface area contributed by atoms with Crippen molar-refractivity contribution in [3.8, 4) is 33.6 Å². The minimum absolute atomic E-state index is 0.00293. The molecule has 3 aromatic rings. The van der Waals surface area contributed by atoms with E-state index < -0.39 is 11.7 Å². The van der Waals surface area contributed by atoms with Crippen LogP contribution in [0, 0.1) is 11.3 Å². The summed E-state index contributed by atoms with van der Waals surface area (Å²) in [6, 6.07) is 6.80. The van der Waals surface area contributed by atoms with E-state index in [1.807, 2.05) is 31.0 Å². The first-order valence-electron chi connectivity index (χ1n) is 11.3. The van der Waals surface area contributed by atoms with Gasteiger partial charge in [-0.2, -0.15) is 5.26 Å². The molecule has 0 radical (unpaired) electrons. The smallest absolute Gasteiger partial charge is 0.194 e. The molecule has 2 aliphatic heterocycles. The van der Waals surface area contributed by atoms with E-state index in [0.717, 1.165) is 29.7 Å². The van der Waals surface area contributed by atoms with E-state index in [4.69, 9.17) is 5.26 Å². The number of alkyl halides is 1. The molecular formula is C24H26FN7OS. The highest BCUT2D eigenvalue weighted by Crippen LogP contribution is 2.43. The van der Waals surface area contributed by atoms with Crippen LogP contribution >= 0.6 is 11.3 Å². The average molecular weight is 480 g/mol. The number of nitriles is 1. The molecule has 2 saturated heterocycles. The number of thiazole rings is 1. The monoisotopic (exact) mass is 479 g/mol. The number of hydrogen-bond donors (Lipinski definition) is 2. The maximum Gasteiger partial charge on any atom is 0.194 e. The first-order chi connectivity index (χ1) is 16.2. The number of fused-ring (bicyclic) bond motifs is 2. The number of rotatable bonds is 4. The Morgan fingerprint density at radius 3 is 2.74 bits per heavy atom. The van der Waals surface area contributed by atoms with Crippen molar-refractivity contribution in [3.63, 3.8) is 0 Å². The summed E-state index contributed by atoms with van der Waals surface area (Å²) in [5.41, 5.74) is 0.534. The minimum Gasteiger partial charge on any atom is -0.507 e. The molecule has 34 heavy (non-hydrogen) atoms. The SMILES string of the molecule is CN(c1cnc(-c2ccc(-c3cnc(C#N)s3)cc2O)nn1)[C@@H]1C[C@@]2(C)CCC[C@](C)(N2)[C@@H]1F. The van der Waals surface area contributed by atoms with Gasteiger partial charge in [-0.15, -0.1) is 21.5 Å². The lowest BCUT2D eigenvalue weighted by Gasteiger charge is -2.56. The van der Waals surface area contributed by atoms with Gasteiger partial charge >= 0.3 is 0 Å². The van der Waals surface area contributed by atoms with Gasteiger partial charge in [0.2, 0.25) is 0 Å². The number of nitrogens with zero attached hydrogens (tertiary/aromatic N) is 6. The topological polar surface area (TPSA) is 111 Å². The summed E-state index contributed by atoms with van der Waals surface area (Å²) < 4.78 is 15.6. The van der Waals surface area contributed by atoms with Gasteiger partial charge in [-0.3, -0.25) is 0 Å². The van der Waals surface area contributed by atoms with Gasteiger partial charge in [-0.1, -0.05) is 6.07 Å². The molecule has 0 unspecified atom stereocenters. The molecule has 0 spiro atoms. The van der Waals surface area contributed by atoms with E-state index in [1.165, 1.54) is 11.3 Å². The quantitative estimate of drug-likeness (QED) is 0.576. The van der Waals surface area contributed by atoms with Gasteiger partial charge in [0.15, 0.2) is 16.6 Å². The highest BCUT2D eigenvalue weighted by molar-refractivity contribution is 7.15. The van der Waals surface area contributed by atoms with Crippen LogP contribution in [0.3, 0.4) is 0 Å². The third-order valence-electron chi connectivity index (χ3n) is 7.15. The fraction of sp³-hybridized carbons (Fsp3) is 0.458. The number of halogens is 1. The molecule has 2 fully saturated rings. The lowest BCUT2D eigenvalue weighted by atomic mass is 9.68. The van der Waals surface area contributed by atoms with Crippen LogP contribution in [0.25, 0.3) is 21.8 Å². The van der Waals surface area contributed by atoms with E-state index >= 15 is 4.39 Å². The molecule has 5 rings (SSSR count). The Morgan fingerprint density at radius 1 is 1.24 bits per heavy atom. The van der Waals surface area contributed by atoms with Crippen LogP contribution in [0.15, 0.2) is 30.6 Å². The Bertz CT molecular complexity index is 1260. The molecule has 2 bridgehead atoms. The molecule has 0 saturated carbocycles. The standard InChI is InChI=1S/C24H26FN7OS/c1-23-7-4-8-24(2,31-23)21(25)16(10-23)32(3)19-13-28-22(30-29-19)15-6-5-14(9-17(15)33)18-12-27-20(11-26)34-18/h5-6,9,12-13,16,21,31,33H,4,7-8,10H2,1-3H3/t16-,21-,23-,24+/m1/s1. The lowest BCUT2D eigenvalue weighted by Crippen LogP contribution is -2.72. The second-order valence-electron chi connectivity index (χ2n) is 9.75. The van der Waals surface area contributed by atoms with Crippen LogP contribution in [-0.4, -0.2) is 55.6 Å². The summed E-state index contributed by atoms with van der Waals surface area (Å²) in [5, 5.41) is 32.0. The molecule has 0 aliphatic carbocycles. The molecule has 2 aliphatic rings. The van der Waals surface area contributed by atoms with Crippen LogP contribution < -0.4 is 10.2 Å². The molecule has 4 heterocycles. The summed E-state index contributed by atoms with van der Waals surface area (Å²) in [5.74, 6) is 0.776. The molecule has 176 valence electrons. The van der Waals surface area contributed by atoms with Crippen LogP contribution in [0.4, 0.5) is 10.2 Å². The maximum absolute atomic E-state index is 15.6. The van der Waals surface area contributed by atoms with Gasteiger partial charge in [0, 0.05) is 24.3 Å². The Balaban J connectivity index is 1.37. The van der Waals surface area contributed by atoms with Crippen molar-refractivity contribution in [1.29, 1.82) is 5.26 Å². The zero-order valence-corrected chi connectivity index (χ0v) is 20.1. The number of hydrogen-bond acceptors (Lipinski definition) is 9. The number of benzene rings is 1. The third-order valence-corrected chi connectivity index (χ3v) is 8.10. The second-order valence-corrected chi connectivity index (χ2v) is 10.8. The van der Waals surface area contributed by atoms with Gasteiger partial charge < -0.3 is 15.3 Å². The number of anilines is 1. The Kier molecular flexibility index (Phi) is 5.49. The van der Waals surface area contributed by atoms with Crippen molar-refractivity contribution in [3.05, 3.63) is 35.6 Å².